The van der Waals surface area contributed by atoms with Crippen LogP contribution in [0.15, 0.2) is 78.5 Å². The van der Waals surface area contributed by atoms with Crippen molar-refractivity contribution in [2.45, 2.75) is 6.61 Å². The van der Waals surface area contributed by atoms with Crippen molar-refractivity contribution in [3.63, 3.8) is 0 Å². The van der Waals surface area contributed by atoms with Crippen molar-refractivity contribution in [1.82, 2.24) is 5.32 Å². The molecule has 0 aliphatic carbocycles. The molecule has 0 bridgehead atoms. The highest BCUT2D eigenvalue weighted by Crippen LogP contribution is 2.17. The summed E-state index contributed by atoms with van der Waals surface area (Å²) in [6, 6.07) is 18.2. The highest BCUT2D eigenvalue weighted by molar-refractivity contribution is 6.02. The van der Waals surface area contributed by atoms with Crippen LogP contribution in [0.4, 0.5) is 8.78 Å². The normalized spacial score (nSPS) is 11.1. The monoisotopic (exact) mass is 409 g/mol. The summed E-state index contributed by atoms with van der Waals surface area (Å²) in [5.41, 5.74) is 1.06. The minimum Gasteiger partial charge on any atom is -0.489 e. The van der Waals surface area contributed by atoms with E-state index in [-0.39, 0.29) is 12.3 Å². The number of carbonyl (C=O) groups excluding carboxylic acids is 1. The first kappa shape index (κ1) is 20.7. The number of carboxylic acids is 1. The van der Waals surface area contributed by atoms with E-state index in [1.165, 1.54) is 12.1 Å². The lowest BCUT2D eigenvalue weighted by molar-refractivity contribution is -0.132. The van der Waals surface area contributed by atoms with Gasteiger partial charge in [-0.25, -0.2) is 13.6 Å². The molecule has 0 heterocycles. The quantitative estimate of drug-likeness (QED) is 0.567. The molecule has 2 N–H and O–H groups in total. The number of hydrogen-bond donors (Lipinski definition) is 2. The number of amides is 1. The van der Waals surface area contributed by atoms with E-state index in [1.54, 1.807) is 54.6 Å². The molecule has 7 heteroatoms. The number of hydrogen-bond acceptors (Lipinski definition) is 3. The summed E-state index contributed by atoms with van der Waals surface area (Å²) in [6.45, 7) is 0.0416. The van der Waals surface area contributed by atoms with Crippen LogP contribution in [0, 0.1) is 11.6 Å². The van der Waals surface area contributed by atoms with E-state index in [2.05, 4.69) is 5.32 Å². The van der Waals surface area contributed by atoms with Crippen molar-refractivity contribution in [3.05, 3.63) is 107 Å². The lowest BCUT2D eigenvalue weighted by Crippen LogP contribution is -2.27. The van der Waals surface area contributed by atoms with Gasteiger partial charge in [-0.2, -0.15) is 0 Å². The molecule has 0 fully saturated rings. The highest BCUT2D eigenvalue weighted by Gasteiger charge is 2.13. The summed E-state index contributed by atoms with van der Waals surface area (Å²) < 4.78 is 31.7. The molecule has 0 aromatic heterocycles. The van der Waals surface area contributed by atoms with Gasteiger partial charge in [-0.05, 0) is 53.6 Å². The van der Waals surface area contributed by atoms with Gasteiger partial charge in [0.05, 0.1) is 0 Å². The van der Waals surface area contributed by atoms with E-state index in [4.69, 9.17) is 4.74 Å². The van der Waals surface area contributed by atoms with E-state index in [1.807, 2.05) is 0 Å². The van der Waals surface area contributed by atoms with Gasteiger partial charge >= 0.3 is 5.97 Å². The van der Waals surface area contributed by atoms with Gasteiger partial charge in [0.2, 0.25) is 0 Å². The molecule has 3 rings (SSSR count). The Labute approximate surface area is 171 Å². The number of carboxylic acid groups (broad SMARTS) is 1. The Kier molecular flexibility index (Phi) is 6.54. The second-order valence-corrected chi connectivity index (χ2v) is 6.29. The molecule has 0 radical (unpaired) electrons. The number of benzene rings is 3. The zero-order chi connectivity index (χ0) is 21.5. The number of rotatable bonds is 7. The van der Waals surface area contributed by atoms with Crippen LogP contribution in [0.3, 0.4) is 0 Å². The lowest BCUT2D eigenvalue weighted by Gasteiger charge is -2.08. The summed E-state index contributed by atoms with van der Waals surface area (Å²) >= 11 is 0. The first-order valence-corrected chi connectivity index (χ1v) is 8.90. The van der Waals surface area contributed by atoms with Crippen LogP contribution in [-0.4, -0.2) is 17.0 Å². The fourth-order valence-corrected chi connectivity index (χ4v) is 2.56. The first-order valence-electron chi connectivity index (χ1n) is 8.90. The van der Waals surface area contributed by atoms with Gasteiger partial charge in [-0.15, -0.1) is 0 Å². The van der Waals surface area contributed by atoms with Crippen LogP contribution in [-0.2, 0) is 11.4 Å². The van der Waals surface area contributed by atoms with Crippen molar-refractivity contribution >= 4 is 18.0 Å². The second-order valence-electron chi connectivity index (χ2n) is 6.29. The molecule has 3 aromatic rings. The van der Waals surface area contributed by atoms with E-state index in [0.29, 0.717) is 22.4 Å². The van der Waals surface area contributed by atoms with Crippen LogP contribution in [0.1, 0.15) is 21.5 Å². The van der Waals surface area contributed by atoms with Gasteiger partial charge in [0.15, 0.2) is 11.6 Å². The number of ether oxygens (including phenoxy) is 1. The van der Waals surface area contributed by atoms with Crippen LogP contribution >= 0.6 is 0 Å². The molecule has 5 nitrogen and oxygen atoms in total. The molecular formula is C23H17F2NO4. The highest BCUT2D eigenvalue weighted by atomic mass is 19.2. The van der Waals surface area contributed by atoms with Gasteiger partial charge < -0.3 is 15.2 Å². The maximum Gasteiger partial charge on any atom is 0.352 e. The number of carbonyl (C=O) groups is 2. The van der Waals surface area contributed by atoms with Crippen molar-refractivity contribution in [3.8, 4) is 5.75 Å². The zero-order valence-electron chi connectivity index (χ0n) is 15.6. The minimum absolute atomic E-state index is 0.0416. The standard InChI is InChI=1S/C23H17F2NO4/c24-19-11-8-16(12-20(19)25)14-30-18-9-6-15(7-10-18)13-21(23(28)29)26-22(27)17-4-2-1-3-5-17/h1-13H,14H2,(H,26,27)(H,28,29). The molecule has 0 unspecified atom stereocenters. The molecule has 1 amide bonds. The first-order chi connectivity index (χ1) is 14.4. The smallest absolute Gasteiger partial charge is 0.352 e. The summed E-state index contributed by atoms with van der Waals surface area (Å²) in [4.78, 5) is 23.7. The Morgan fingerprint density at radius 1 is 0.933 bits per heavy atom. The minimum atomic E-state index is -1.28. The molecule has 3 aromatic carbocycles. The summed E-state index contributed by atoms with van der Waals surface area (Å²) in [6.07, 6.45) is 1.32. The Balaban J connectivity index is 1.67. The molecule has 0 spiro atoms. The van der Waals surface area contributed by atoms with E-state index >= 15 is 0 Å². The molecule has 152 valence electrons. The number of nitrogens with one attached hydrogen (secondary N) is 1. The average Bonchev–Trinajstić information content (AvgIpc) is 2.75. The van der Waals surface area contributed by atoms with Crippen LogP contribution in [0.25, 0.3) is 6.08 Å². The van der Waals surface area contributed by atoms with Gasteiger partial charge in [0.25, 0.3) is 5.91 Å². The van der Waals surface area contributed by atoms with Gasteiger partial charge in [0.1, 0.15) is 18.1 Å². The van der Waals surface area contributed by atoms with E-state index in [0.717, 1.165) is 12.1 Å². The van der Waals surface area contributed by atoms with Gasteiger partial charge in [0, 0.05) is 5.56 Å². The third-order valence-electron chi connectivity index (χ3n) is 4.10. The maximum absolute atomic E-state index is 13.2. The fraction of sp³-hybridized carbons (Fsp3) is 0.0435. The van der Waals surface area contributed by atoms with Gasteiger partial charge in [-0.1, -0.05) is 36.4 Å². The molecule has 0 aliphatic rings. The van der Waals surface area contributed by atoms with E-state index < -0.39 is 23.5 Å². The Hall–Kier alpha value is -4.00. The topological polar surface area (TPSA) is 75.6 Å². The Morgan fingerprint density at radius 3 is 2.27 bits per heavy atom. The zero-order valence-corrected chi connectivity index (χ0v) is 15.6. The molecule has 30 heavy (non-hydrogen) atoms. The second kappa shape index (κ2) is 9.47. The Morgan fingerprint density at radius 2 is 1.63 bits per heavy atom. The molecular weight excluding hydrogens is 392 g/mol. The van der Waals surface area contributed by atoms with Crippen molar-refractivity contribution < 1.29 is 28.2 Å². The van der Waals surface area contributed by atoms with Crippen LogP contribution < -0.4 is 10.1 Å². The van der Waals surface area contributed by atoms with Gasteiger partial charge in [-0.3, -0.25) is 4.79 Å². The largest absolute Gasteiger partial charge is 0.489 e. The van der Waals surface area contributed by atoms with Crippen LogP contribution in [0.5, 0.6) is 5.75 Å². The van der Waals surface area contributed by atoms with Crippen molar-refractivity contribution in [2.24, 2.45) is 0 Å². The third-order valence-corrected chi connectivity index (χ3v) is 4.10. The molecule has 0 saturated carbocycles. The molecule has 0 aliphatic heterocycles. The Bertz CT molecular complexity index is 1080. The maximum atomic E-state index is 13.2. The molecule has 0 saturated heterocycles. The summed E-state index contributed by atoms with van der Waals surface area (Å²) in [5.74, 6) is -3.23. The number of aliphatic carboxylic acids is 1. The summed E-state index contributed by atoms with van der Waals surface area (Å²) in [7, 11) is 0. The third kappa shape index (κ3) is 5.51. The predicted molar refractivity (Wildman–Crippen MR) is 107 cm³/mol. The SMILES string of the molecule is O=C(O)C(=Cc1ccc(OCc2ccc(F)c(F)c2)cc1)NC(=O)c1ccccc1. The van der Waals surface area contributed by atoms with E-state index in [9.17, 15) is 23.5 Å². The predicted octanol–water partition coefficient (Wildman–Crippen LogP) is 4.40. The average molecular weight is 409 g/mol. The van der Waals surface area contributed by atoms with Crippen molar-refractivity contribution in [2.75, 3.05) is 0 Å². The van der Waals surface area contributed by atoms with Crippen LogP contribution in [0.2, 0.25) is 0 Å². The fourth-order valence-electron chi connectivity index (χ4n) is 2.56. The summed E-state index contributed by atoms with van der Waals surface area (Å²) in [5, 5.41) is 11.7. The number of halogens is 2. The molecule has 0 atom stereocenters. The lowest BCUT2D eigenvalue weighted by atomic mass is 10.1. The van der Waals surface area contributed by atoms with Crippen molar-refractivity contribution in [1.29, 1.82) is 0 Å².